The minimum atomic E-state index is -0.0731. The van der Waals surface area contributed by atoms with Crippen molar-refractivity contribution < 1.29 is 4.79 Å². The van der Waals surface area contributed by atoms with Gasteiger partial charge in [-0.2, -0.15) is 0 Å². The van der Waals surface area contributed by atoms with E-state index in [2.05, 4.69) is 38.8 Å². The highest BCUT2D eigenvalue weighted by molar-refractivity contribution is 7.80. The minimum absolute atomic E-state index is 0.00610. The number of aromatic nitrogens is 2. The molecular formula is C24H27N5OS. The van der Waals surface area contributed by atoms with Gasteiger partial charge in [-0.05, 0) is 66.7 Å². The van der Waals surface area contributed by atoms with E-state index in [1.807, 2.05) is 68.9 Å². The zero-order chi connectivity index (χ0) is 22.1. The third kappa shape index (κ3) is 4.18. The summed E-state index contributed by atoms with van der Waals surface area (Å²) in [6.07, 6.45) is 5.97. The molecule has 0 saturated carbocycles. The van der Waals surface area contributed by atoms with Crippen molar-refractivity contribution in [1.82, 2.24) is 14.9 Å². The second-order valence-corrected chi connectivity index (χ2v) is 8.64. The molecule has 2 aromatic heterocycles. The van der Waals surface area contributed by atoms with E-state index in [4.69, 9.17) is 12.2 Å². The fourth-order valence-corrected chi connectivity index (χ4v) is 4.23. The molecule has 1 aliphatic rings. The van der Waals surface area contributed by atoms with E-state index in [9.17, 15) is 4.79 Å². The summed E-state index contributed by atoms with van der Waals surface area (Å²) in [6, 6.07) is 14.0. The Bertz CT molecular complexity index is 1110. The number of carbonyl (C=O) groups is 1. The number of aryl methyl sites for hydroxylation is 2. The Labute approximate surface area is 188 Å². The van der Waals surface area contributed by atoms with Gasteiger partial charge >= 0.3 is 0 Å². The summed E-state index contributed by atoms with van der Waals surface area (Å²) in [5, 5.41) is 7.13. The predicted octanol–water partition coefficient (Wildman–Crippen LogP) is 4.50. The molecule has 2 atom stereocenters. The molecule has 0 aliphatic carbocycles. The van der Waals surface area contributed by atoms with Crippen molar-refractivity contribution in [3.05, 3.63) is 77.9 Å². The van der Waals surface area contributed by atoms with Crippen molar-refractivity contribution in [3.8, 4) is 0 Å². The maximum atomic E-state index is 12.1. The Morgan fingerprint density at radius 3 is 2.65 bits per heavy atom. The van der Waals surface area contributed by atoms with Crippen molar-refractivity contribution in [3.63, 3.8) is 0 Å². The van der Waals surface area contributed by atoms with Gasteiger partial charge in [0.05, 0.1) is 17.8 Å². The highest BCUT2D eigenvalue weighted by Crippen LogP contribution is 2.42. The van der Waals surface area contributed by atoms with Crippen molar-refractivity contribution in [2.75, 3.05) is 10.2 Å². The Kier molecular flexibility index (Phi) is 5.78. The van der Waals surface area contributed by atoms with E-state index >= 15 is 0 Å². The Morgan fingerprint density at radius 1 is 1.23 bits per heavy atom. The summed E-state index contributed by atoms with van der Waals surface area (Å²) in [5.74, 6) is -0.0670. The molecule has 1 amide bonds. The lowest BCUT2D eigenvalue weighted by Gasteiger charge is -2.28. The van der Waals surface area contributed by atoms with E-state index in [1.165, 1.54) is 0 Å². The van der Waals surface area contributed by atoms with E-state index in [-0.39, 0.29) is 23.9 Å². The topological polar surface area (TPSA) is 62.2 Å². The lowest BCUT2D eigenvalue weighted by Crippen LogP contribution is -2.29. The number of nitrogens with one attached hydrogen (secondary N) is 2. The molecule has 3 heterocycles. The van der Waals surface area contributed by atoms with Crippen molar-refractivity contribution in [2.24, 2.45) is 13.0 Å². The first-order chi connectivity index (χ1) is 14.8. The van der Waals surface area contributed by atoms with Crippen LogP contribution < -0.4 is 15.5 Å². The number of anilines is 2. The summed E-state index contributed by atoms with van der Waals surface area (Å²) in [5.41, 5.74) is 4.88. The molecule has 7 heteroatoms. The standard InChI is InChI=1S/C24H27N5OS/c1-15(2)23(30)26-19-9-8-18(13-16(19)3)29-22(17-10-12-28(4)14-17)21(27-24(29)31)20-7-5-6-11-25-20/h5-15,21-22H,1-4H3,(H,26,30)(H,27,31)/t21-,22+/m0/s1. The van der Waals surface area contributed by atoms with Crippen LogP contribution in [0.5, 0.6) is 0 Å². The third-order valence-electron chi connectivity index (χ3n) is 5.56. The first-order valence-electron chi connectivity index (χ1n) is 10.4. The average Bonchev–Trinajstić information content (AvgIpc) is 3.32. The van der Waals surface area contributed by atoms with E-state index in [1.54, 1.807) is 6.20 Å². The van der Waals surface area contributed by atoms with Crippen LogP contribution in [0.3, 0.4) is 0 Å². The van der Waals surface area contributed by atoms with Crippen LogP contribution in [-0.4, -0.2) is 20.6 Å². The highest BCUT2D eigenvalue weighted by atomic mass is 32.1. The van der Waals surface area contributed by atoms with E-state index in [0.717, 1.165) is 28.2 Å². The van der Waals surface area contributed by atoms with Crippen LogP contribution in [0.25, 0.3) is 0 Å². The zero-order valence-corrected chi connectivity index (χ0v) is 19.0. The Balaban J connectivity index is 1.73. The molecule has 160 valence electrons. The predicted molar refractivity (Wildman–Crippen MR) is 128 cm³/mol. The van der Waals surface area contributed by atoms with Gasteiger partial charge in [-0.3, -0.25) is 9.78 Å². The summed E-state index contributed by atoms with van der Waals surface area (Å²) >= 11 is 5.77. The van der Waals surface area contributed by atoms with Crippen LogP contribution in [-0.2, 0) is 11.8 Å². The number of benzene rings is 1. The second kappa shape index (κ2) is 8.51. The van der Waals surface area contributed by atoms with Gasteiger partial charge in [0.25, 0.3) is 0 Å². The molecule has 0 bridgehead atoms. The van der Waals surface area contributed by atoms with Crippen LogP contribution in [0, 0.1) is 12.8 Å². The van der Waals surface area contributed by atoms with Gasteiger partial charge in [-0.1, -0.05) is 19.9 Å². The Morgan fingerprint density at radius 2 is 2.03 bits per heavy atom. The maximum Gasteiger partial charge on any atom is 0.226 e. The maximum absolute atomic E-state index is 12.1. The smallest absolute Gasteiger partial charge is 0.226 e. The largest absolute Gasteiger partial charge is 0.357 e. The van der Waals surface area contributed by atoms with Crippen molar-refractivity contribution >= 4 is 34.6 Å². The average molecular weight is 434 g/mol. The van der Waals surface area contributed by atoms with Gasteiger partial charge in [0.2, 0.25) is 5.91 Å². The quantitative estimate of drug-likeness (QED) is 0.580. The fourth-order valence-electron chi connectivity index (χ4n) is 3.89. The molecule has 6 nitrogen and oxygen atoms in total. The Hall–Kier alpha value is -3.19. The molecule has 1 aromatic carbocycles. The minimum Gasteiger partial charge on any atom is -0.357 e. The summed E-state index contributed by atoms with van der Waals surface area (Å²) in [6.45, 7) is 5.77. The van der Waals surface area contributed by atoms with Gasteiger partial charge in [0, 0.05) is 42.9 Å². The molecular weight excluding hydrogens is 406 g/mol. The molecule has 1 fully saturated rings. The summed E-state index contributed by atoms with van der Waals surface area (Å²) in [7, 11) is 2.01. The SMILES string of the molecule is Cc1cc(N2C(=S)N[C@@H](c3ccccn3)[C@H]2c2ccn(C)c2)ccc1NC(=O)C(C)C. The van der Waals surface area contributed by atoms with E-state index in [0.29, 0.717) is 5.11 Å². The van der Waals surface area contributed by atoms with Crippen LogP contribution in [0.4, 0.5) is 11.4 Å². The van der Waals surface area contributed by atoms with Gasteiger partial charge in [-0.15, -0.1) is 0 Å². The number of hydrogen-bond acceptors (Lipinski definition) is 3. The molecule has 1 aliphatic heterocycles. The van der Waals surface area contributed by atoms with Gasteiger partial charge in [-0.25, -0.2) is 0 Å². The van der Waals surface area contributed by atoms with Crippen LogP contribution in [0.15, 0.2) is 61.1 Å². The van der Waals surface area contributed by atoms with Crippen molar-refractivity contribution in [2.45, 2.75) is 32.9 Å². The van der Waals surface area contributed by atoms with E-state index < -0.39 is 0 Å². The molecule has 2 N–H and O–H groups in total. The third-order valence-corrected chi connectivity index (χ3v) is 5.88. The number of thiocarbonyl (C=S) groups is 1. The lowest BCUT2D eigenvalue weighted by molar-refractivity contribution is -0.118. The van der Waals surface area contributed by atoms with Gasteiger partial charge < -0.3 is 20.1 Å². The number of rotatable bonds is 5. The number of hydrogen-bond donors (Lipinski definition) is 2. The number of nitrogens with zero attached hydrogens (tertiary/aromatic N) is 3. The number of pyridine rings is 1. The molecule has 0 unspecified atom stereocenters. The van der Waals surface area contributed by atoms with Crippen LogP contribution in [0.1, 0.15) is 42.8 Å². The lowest BCUT2D eigenvalue weighted by atomic mass is 9.98. The molecule has 3 aromatic rings. The highest BCUT2D eigenvalue weighted by Gasteiger charge is 2.41. The second-order valence-electron chi connectivity index (χ2n) is 8.25. The fraction of sp³-hybridized carbons (Fsp3) is 0.292. The van der Waals surface area contributed by atoms with Crippen LogP contribution >= 0.6 is 12.2 Å². The first kappa shape index (κ1) is 21.1. The summed E-state index contributed by atoms with van der Waals surface area (Å²) < 4.78 is 2.04. The summed E-state index contributed by atoms with van der Waals surface area (Å²) in [4.78, 5) is 18.9. The molecule has 31 heavy (non-hydrogen) atoms. The normalized spacial score (nSPS) is 18.4. The monoisotopic (exact) mass is 433 g/mol. The van der Waals surface area contributed by atoms with Crippen LogP contribution in [0.2, 0.25) is 0 Å². The molecule has 4 rings (SSSR count). The van der Waals surface area contributed by atoms with Gasteiger partial charge in [0.15, 0.2) is 5.11 Å². The molecule has 0 spiro atoms. The number of carbonyl (C=O) groups excluding carboxylic acids is 1. The van der Waals surface area contributed by atoms with Gasteiger partial charge in [0.1, 0.15) is 0 Å². The number of amides is 1. The molecule has 1 saturated heterocycles. The molecule has 0 radical (unpaired) electrons. The first-order valence-corrected chi connectivity index (χ1v) is 10.8. The zero-order valence-electron chi connectivity index (χ0n) is 18.2. The van der Waals surface area contributed by atoms with Crippen molar-refractivity contribution in [1.29, 1.82) is 0 Å².